The van der Waals surface area contributed by atoms with E-state index in [9.17, 15) is 0 Å². The Morgan fingerprint density at radius 2 is 2.00 bits per heavy atom. The summed E-state index contributed by atoms with van der Waals surface area (Å²) >= 11 is 4.23. The maximum absolute atomic E-state index is 5.43. The van der Waals surface area contributed by atoms with Crippen LogP contribution in [-0.2, 0) is 4.74 Å². The SMILES string of the molecule is CN(C[C@@H]1CCOC1)C1CSCCSC1. The molecule has 2 rings (SSSR count). The minimum Gasteiger partial charge on any atom is -0.381 e. The van der Waals surface area contributed by atoms with Gasteiger partial charge in [0.2, 0.25) is 0 Å². The smallest absolute Gasteiger partial charge is 0.0507 e. The van der Waals surface area contributed by atoms with Gasteiger partial charge in [-0.25, -0.2) is 0 Å². The molecule has 0 amide bonds. The summed E-state index contributed by atoms with van der Waals surface area (Å²) in [5.41, 5.74) is 0. The summed E-state index contributed by atoms with van der Waals surface area (Å²) in [6, 6.07) is 0.781. The molecule has 88 valence electrons. The van der Waals surface area contributed by atoms with Crippen molar-refractivity contribution in [2.75, 3.05) is 49.8 Å². The monoisotopic (exact) mass is 247 g/mol. The number of hydrogen-bond donors (Lipinski definition) is 0. The van der Waals surface area contributed by atoms with Crippen molar-refractivity contribution >= 4 is 23.5 Å². The molecule has 0 radical (unpaired) electrons. The molecule has 0 aromatic carbocycles. The van der Waals surface area contributed by atoms with Gasteiger partial charge >= 0.3 is 0 Å². The van der Waals surface area contributed by atoms with Gasteiger partial charge in [-0.05, 0) is 19.4 Å². The highest BCUT2D eigenvalue weighted by Crippen LogP contribution is 2.21. The summed E-state index contributed by atoms with van der Waals surface area (Å²) in [7, 11) is 2.29. The van der Waals surface area contributed by atoms with Crippen molar-refractivity contribution < 1.29 is 4.74 Å². The topological polar surface area (TPSA) is 12.5 Å². The fourth-order valence-corrected chi connectivity index (χ4v) is 4.86. The van der Waals surface area contributed by atoms with Crippen LogP contribution in [0, 0.1) is 5.92 Å². The Labute approximate surface area is 101 Å². The Morgan fingerprint density at radius 1 is 1.27 bits per heavy atom. The molecule has 2 fully saturated rings. The number of rotatable bonds is 3. The van der Waals surface area contributed by atoms with Crippen molar-refractivity contribution in [2.24, 2.45) is 5.92 Å². The summed E-state index contributed by atoms with van der Waals surface area (Å²) in [5.74, 6) is 6.09. The third-order valence-electron chi connectivity index (χ3n) is 3.19. The molecule has 0 N–H and O–H groups in total. The molecular weight excluding hydrogens is 226 g/mol. The van der Waals surface area contributed by atoms with E-state index in [4.69, 9.17) is 4.74 Å². The lowest BCUT2D eigenvalue weighted by molar-refractivity contribution is 0.168. The zero-order valence-corrected chi connectivity index (χ0v) is 11.1. The number of hydrogen-bond acceptors (Lipinski definition) is 4. The maximum atomic E-state index is 5.43. The van der Waals surface area contributed by atoms with Crippen LogP contribution in [-0.4, -0.2) is 60.8 Å². The first-order valence-corrected chi connectivity index (χ1v) is 8.10. The third-order valence-corrected chi connectivity index (χ3v) is 5.67. The summed E-state index contributed by atoms with van der Waals surface area (Å²) in [6.45, 7) is 3.19. The van der Waals surface area contributed by atoms with E-state index in [1.165, 1.54) is 36.0 Å². The van der Waals surface area contributed by atoms with Crippen molar-refractivity contribution in [3.8, 4) is 0 Å². The summed E-state index contributed by atoms with van der Waals surface area (Å²) in [4.78, 5) is 2.56. The highest BCUT2D eigenvalue weighted by Gasteiger charge is 2.22. The van der Waals surface area contributed by atoms with Crippen LogP contribution in [0.25, 0.3) is 0 Å². The number of ether oxygens (including phenoxy) is 1. The predicted molar refractivity (Wildman–Crippen MR) is 70.0 cm³/mol. The number of thioether (sulfide) groups is 2. The van der Waals surface area contributed by atoms with Gasteiger partial charge in [-0.15, -0.1) is 0 Å². The van der Waals surface area contributed by atoms with E-state index in [-0.39, 0.29) is 0 Å². The third kappa shape index (κ3) is 3.84. The molecule has 0 unspecified atom stereocenters. The van der Waals surface area contributed by atoms with Crippen LogP contribution < -0.4 is 0 Å². The Kier molecular flexibility index (Phi) is 5.14. The van der Waals surface area contributed by atoms with Gasteiger partial charge in [0.15, 0.2) is 0 Å². The second-order valence-corrected chi connectivity index (χ2v) is 6.77. The van der Waals surface area contributed by atoms with E-state index in [2.05, 4.69) is 35.5 Å². The molecule has 0 saturated carbocycles. The fourth-order valence-electron chi connectivity index (χ4n) is 2.14. The molecule has 2 aliphatic heterocycles. The largest absolute Gasteiger partial charge is 0.381 e. The van der Waals surface area contributed by atoms with Crippen LogP contribution in [0.15, 0.2) is 0 Å². The van der Waals surface area contributed by atoms with Crippen molar-refractivity contribution in [1.29, 1.82) is 0 Å². The normalized spacial score (nSPS) is 29.6. The van der Waals surface area contributed by atoms with Crippen LogP contribution in [0.3, 0.4) is 0 Å². The molecule has 0 aromatic heterocycles. The molecule has 0 bridgehead atoms. The molecule has 0 spiro atoms. The van der Waals surface area contributed by atoms with Crippen molar-refractivity contribution in [2.45, 2.75) is 12.5 Å². The average molecular weight is 247 g/mol. The van der Waals surface area contributed by atoms with E-state index in [1.54, 1.807) is 0 Å². The van der Waals surface area contributed by atoms with Crippen LogP contribution in [0.5, 0.6) is 0 Å². The van der Waals surface area contributed by atoms with Gasteiger partial charge in [0, 0.05) is 42.2 Å². The molecule has 2 heterocycles. The van der Waals surface area contributed by atoms with Gasteiger partial charge in [0.25, 0.3) is 0 Å². The molecular formula is C11H21NOS2. The first-order valence-electron chi connectivity index (χ1n) is 5.79. The Hall–Kier alpha value is 0.620. The second-order valence-electron chi connectivity index (χ2n) is 4.47. The lowest BCUT2D eigenvalue weighted by atomic mass is 10.1. The van der Waals surface area contributed by atoms with Crippen LogP contribution in [0.1, 0.15) is 6.42 Å². The highest BCUT2D eigenvalue weighted by atomic mass is 32.2. The molecule has 1 atom stereocenters. The Morgan fingerprint density at radius 3 is 2.60 bits per heavy atom. The Bertz CT molecular complexity index is 177. The summed E-state index contributed by atoms with van der Waals surface area (Å²) in [6.07, 6.45) is 1.26. The van der Waals surface area contributed by atoms with Crippen molar-refractivity contribution in [1.82, 2.24) is 4.90 Å². The van der Waals surface area contributed by atoms with E-state index >= 15 is 0 Å². The van der Waals surface area contributed by atoms with Crippen LogP contribution in [0.4, 0.5) is 0 Å². The first-order chi connectivity index (χ1) is 7.36. The Balaban J connectivity index is 1.74. The van der Waals surface area contributed by atoms with Gasteiger partial charge in [-0.1, -0.05) is 0 Å². The molecule has 15 heavy (non-hydrogen) atoms. The minimum atomic E-state index is 0.781. The van der Waals surface area contributed by atoms with E-state index in [0.29, 0.717) is 0 Å². The van der Waals surface area contributed by atoms with Crippen LogP contribution in [0.2, 0.25) is 0 Å². The lowest BCUT2D eigenvalue weighted by Crippen LogP contribution is -2.38. The lowest BCUT2D eigenvalue weighted by Gasteiger charge is -2.28. The average Bonchev–Trinajstić information content (AvgIpc) is 2.58. The molecule has 2 saturated heterocycles. The number of nitrogens with zero attached hydrogens (tertiary/aromatic N) is 1. The second kappa shape index (κ2) is 6.38. The standard InChI is InChI=1S/C11H21NOS2/c1-12(6-10-2-3-13-7-10)11-8-14-4-5-15-9-11/h10-11H,2-9H2,1H3/t10-/m0/s1. The molecule has 2 aliphatic rings. The van der Waals surface area contributed by atoms with Gasteiger partial charge in [0.05, 0.1) is 6.61 Å². The summed E-state index contributed by atoms with van der Waals surface area (Å²) < 4.78 is 5.43. The molecule has 0 aromatic rings. The zero-order valence-electron chi connectivity index (χ0n) is 9.48. The van der Waals surface area contributed by atoms with Gasteiger partial charge in [-0.2, -0.15) is 23.5 Å². The van der Waals surface area contributed by atoms with Gasteiger partial charge in [0.1, 0.15) is 0 Å². The van der Waals surface area contributed by atoms with E-state index < -0.39 is 0 Å². The maximum Gasteiger partial charge on any atom is 0.0507 e. The minimum absolute atomic E-state index is 0.781. The highest BCUT2D eigenvalue weighted by molar-refractivity contribution is 8.03. The molecule has 0 aliphatic carbocycles. The fraction of sp³-hybridized carbons (Fsp3) is 1.00. The zero-order chi connectivity index (χ0) is 10.5. The summed E-state index contributed by atoms with van der Waals surface area (Å²) in [5, 5.41) is 0. The quantitative estimate of drug-likeness (QED) is 0.753. The van der Waals surface area contributed by atoms with Crippen molar-refractivity contribution in [3.63, 3.8) is 0 Å². The van der Waals surface area contributed by atoms with E-state index in [0.717, 1.165) is 25.2 Å². The predicted octanol–water partition coefficient (Wildman–Crippen LogP) is 1.80. The molecule has 2 nitrogen and oxygen atoms in total. The van der Waals surface area contributed by atoms with Gasteiger partial charge < -0.3 is 9.64 Å². The van der Waals surface area contributed by atoms with E-state index in [1.807, 2.05) is 0 Å². The van der Waals surface area contributed by atoms with Gasteiger partial charge in [-0.3, -0.25) is 0 Å². The van der Waals surface area contributed by atoms with Crippen molar-refractivity contribution in [3.05, 3.63) is 0 Å². The van der Waals surface area contributed by atoms with Crippen LogP contribution >= 0.6 is 23.5 Å². The molecule has 4 heteroatoms. The first kappa shape index (κ1) is 12.1.